The molecule has 3 aromatic rings. The Hall–Kier alpha value is -3.43. The van der Waals surface area contributed by atoms with Crippen molar-refractivity contribution in [3.8, 4) is 28.3 Å². The Balaban J connectivity index is 2.16. The lowest BCUT2D eigenvalue weighted by Crippen LogP contribution is -2.21. The van der Waals surface area contributed by atoms with Gasteiger partial charge in [0.2, 0.25) is 5.91 Å². The van der Waals surface area contributed by atoms with Gasteiger partial charge in [-0.1, -0.05) is 23.7 Å². The number of phenolic OH excluding ortho intramolecular Hbond substituents is 1. The van der Waals surface area contributed by atoms with E-state index in [1.54, 1.807) is 0 Å². The minimum Gasteiger partial charge on any atom is -0.504 e. The van der Waals surface area contributed by atoms with Crippen molar-refractivity contribution in [2.24, 2.45) is 0 Å². The van der Waals surface area contributed by atoms with Crippen LogP contribution in [0, 0.1) is 5.82 Å². The Labute approximate surface area is 162 Å². The van der Waals surface area contributed by atoms with E-state index >= 15 is 0 Å². The number of rotatable bonds is 5. The van der Waals surface area contributed by atoms with Gasteiger partial charge in [0.1, 0.15) is 0 Å². The number of carboxylic acid groups (broad SMARTS) is 1. The lowest BCUT2D eigenvalue weighted by Gasteiger charge is -2.08. The first kappa shape index (κ1) is 19.3. The molecule has 0 saturated carbocycles. The Morgan fingerprint density at radius 1 is 1.18 bits per heavy atom. The number of H-pyrrole nitrogens is 1. The number of carbonyl (C=O) groups is 2. The highest BCUT2D eigenvalue weighted by Gasteiger charge is 2.23. The summed E-state index contributed by atoms with van der Waals surface area (Å²) in [5.74, 6) is -3.63. The third-order valence-electron chi connectivity index (χ3n) is 4.07. The third kappa shape index (κ3) is 3.53. The Bertz CT molecular complexity index is 1070. The Morgan fingerprint density at radius 3 is 2.46 bits per heavy atom. The predicted octanol–water partition coefficient (Wildman–Crippen LogP) is 2.99. The summed E-state index contributed by atoms with van der Waals surface area (Å²) in [5.41, 5.74) is 2.53. The molecule has 0 bridgehead atoms. The van der Waals surface area contributed by atoms with Crippen LogP contribution >= 0.6 is 11.6 Å². The molecule has 0 aliphatic rings. The molecule has 8 nitrogen and oxygen atoms in total. The zero-order valence-corrected chi connectivity index (χ0v) is 14.8. The van der Waals surface area contributed by atoms with Crippen LogP contribution in [0.3, 0.4) is 0 Å². The highest BCUT2D eigenvalue weighted by atomic mass is 35.5. The zero-order chi connectivity index (χ0) is 20.4. The molecule has 1 aromatic heterocycles. The molecular formula is C18H13ClFN3O5. The fourth-order valence-corrected chi connectivity index (χ4v) is 2.85. The second-order valence-corrected chi connectivity index (χ2v) is 6.18. The fraction of sp³-hybridized carbons (Fsp3) is 0.0556. The van der Waals surface area contributed by atoms with Gasteiger partial charge in [-0.25, -0.2) is 14.7 Å². The molecule has 5 N–H and O–H groups in total. The van der Waals surface area contributed by atoms with Gasteiger partial charge >= 0.3 is 5.97 Å². The molecule has 2 aromatic carbocycles. The molecule has 1 heterocycles. The number of aromatic carboxylic acids is 1. The number of halogens is 2. The number of nitrogens with one attached hydrogen (secondary N) is 2. The van der Waals surface area contributed by atoms with Gasteiger partial charge in [-0.2, -0.15) is 5.10 Å². The summed E-state index contributed by atoms with van der Waals surface area (Å²) in [4.78, 5) is 22.8. The molecule has 0 saturated heterocycles. The molecule has 3 rings (SSSR count). The lowest BCUT2D eigenvalue weighted by molar-refractivity contribution is -0.128. The van der Waals surface area contributed by atoms with E-state index in [2.05, 4.69) is 10.2 Å². The molecule has 0 aliphatic heterocycles. The van der Waals surface area contributed by atoms with Gasteiger partial charge in [0.15, 0.2) is 11.6 Å². The van der Waals surface area contributed by atoms with Crippen LogP contribution in [0.1, 0.15) is 15.9 Å². The number of nitrogens with zero attached hydrogens (tertiary/aromatic N) is 1. The number of amides is 1. The number of aromatic hydroxyl groups is 1. The van der Waals surface area contributed by atoms with Gasteiger partial charge in [-0.15, -0.1) is 0 Å². The molecule has 0 unspecified atom stereocenters. The van der Waals surface area contributed by atoms with Crippen molar-refractivity contribution >= 4 is 23.5 Å². The average Bonchev–Trinajstić information content (AvgIpc) is 3.09. The van der Waals surface area contributed by atoms with Gasteiger partial charge in [0, 0.05) is 16.7 Å². The summed E-state index contributed by atoms with van der Waals surface area (Å²) in [6.07, 6.45) is -0.360. The molecule has 0 radical (unpaired) electrons. The number of carboxylic acids is 1. The van der Waals surface area contributed by atoms with Gasteiger partial charge in [-0.05, 0) is 24.3 Å². The maximum Gasteiger partial charge on any atom is 0.335 e. The standard InChI is InChI=1S/C18H13ClFN3O5/c19-12-6-5-10(14(20)17(12)25)16-11(7-13(24)23-28)15(21-22-16)8-1-3-9(4-2-8)18(26)27/h1-6,25,28H,7H2,(H,21,22)(H,23,24)(H,26,27). The van der Waals surface area contributed by atoms with Crippen molar-refractivity contribution in [3.63, 3.8) is 0 Å². The van der Waals surface area contributed by atoms with Crippen LogP contribution in [0.5, 0.6) is 5.75 Å². The van der Waals surface area contributed by atoms with E-state index in [0.717, 1.165) is 0 Å². The monoisotopic (exact) mass is 405 g/mol. The summed E-state index contributed by atoms with van der Waals surface area (Å²) >= 11 is 5.70. The maximum atomic E-state index is 14.5. The van der Waals surface area contributed by atoms with Crippen LogP contribution in [0.2, 0.25) is 5.02 Å². The topological polar surface area (TPSA) is 136 Å². The van der Waals surface area contributed by atoms with Crippen molar-refractivity contribution in [2.75, 3.05) is 0 Å². The lowest BCUT2D eigenvalue weighted by atomic mass is 9.98. The van der Waals surface area contributed by atoms with Crippen LogP contribution < -0.4 is 5.48 Å². The van der Waals surface area contributed by atoms with Gasteiger partial charge in [0.25, 0.3) is 0 Å². The molecule has 28 heavy (non-hydrogen) atoms. The van der Waals surface area contributed by atoms with Crippen molar-refractivity contribution < 1.29 is 29.4 Å². The minimum absolute atomic E-state index is 0.0582. The number of hydrogen-bond acceptors (Lipinski definition) is 5. The molecule has 10 heteroatoms. The first-order valence-electron chi connectivity index (χ1n) is 7.84. The normalized spacial score (nSPS) is 10.7. The summed E-state index contributed by atoms with van der Waals surface area (Å²) in [5, 5.41) is 34.2. The number of aromatic nitrogens is 2. The van der Waals surface area contributed by atoms with Crippen LogP contribution in [0.25, 0.3) is 22.5 Å². The number of aromatic amines is 1. The minimum atomic E-state index is -1.10. The quantitative estimate of drug-likeness (QED) is 0.327. The summed E-state index contributed by atoms with van der Waals surface area (Å²) < 4.78 is 14.5. The van der Waals surface area contributed by atoms with Gasteiger partial charge < -0.3 is 10.2 Å². The molecule has 144 valence electrons. The van der Waals surface area contributed by atoms with Crippen LogP contribution in [-0.2, 0) is 11.2 Å². The number of phenols is 1. The van der Waals surface area contributed by atoms with Crippen molar-refractivity contribution in [3.05, 3.63) is 58.4 Å². The van der Waals surface area contributed by atoms with Gasteiger partial charge in [0.05, 0.1) is 28.4 Å². The molecule has 0 spiro atoms. The summed E-state index contributed by atoms with van der Waals surface area (Å²) in [6, 6.07) is 8.28. The van der Waals surface area contributed by atoms with E-state index in [0.29, 0.717) is 5.56 Å². The first-order chi connectivity index (χ1) is 13.3. The van der Waals surface area contributed by atoms with E-state index in [1.165, 1.54) is 41.9 Å². The number of carbonyl (C=O) groups excluding carboxylic acids is 1. The number of hydrogen-bond donors (Lipinski definition) is 5. The molecule has 0 aliphatic carbocycles. The second-order valence-electron chi connectivity index (χ2n) is 5.78. The van der Waals surface area contributed by atoms with Crippen LogP contribution in [-0.4, -0.2) is 37.5 Å². The molecule has 0 fully saturated rings. The average molecular weight is 406 g/mol. The fourth-order valence-electron chi connectivity index (χ4n) is 2.70. The number of benzene rings is 2. The summed E-state index contributed by atoms with van der Waals surface area (Å²) in [6.45, 7) is 0. The highest BCUT2D eigenvalue weighted by Crippen LogP contribution is 2.37. The predicted molar refractivity (Wildman–Crippen MR) is 96.7 cm³/mol. The highest BCUT2D eigenvalue weighted by molar-refractivity contribution is 6.32. The van der Waals surface area contributed by atoms with Crippen molar-refractivity contribution in [2.45, 2.75) is 6.42 Å². The smallest absolute Gasteiger partial charge is 0.335 e. The number of hydroxylamine groups is 1. The first-order valence-corrected chi connectivity index (χ1v) is 8.22. The van der Waals surface area contributed by atoms with Crippen LogP contribution in [0.15, 0.2) is 36.4 Å². The molecule has 0 atom stereocenters. The van der Waals surface area contributed by atoms with Crippen LogP contribution in [0.4, 0.5) is 4.39 Å². The second kappa shape index (κ2) is 7.67. The Kier molecular flexibility index (Phi) is 5.30. The van der Waals surface area contributed by atoms with Crippen molar-refractivity contribution in [1.82, 2.24) is 15.7 Å². The molecule has 1 amide bonds. The van der Waals surface area contributed by atoms with E-state index in [4.69, 9.17) is 21.9 Å². The van der Waals surface area contributed by atoms with E-state index in [1.807, 2.05) is 0 Å². The SMILES string of the molecule is O=C(Cc1c(-c2ccc(C(=O)O)cc2)n[nH]c1-c1ccc(Cl)c(O)c1F)NO. The third-order valence-corrected chi connectivity index (χ3v) is 4.38. The maximum absolute atomic E-state index is 14.5. The van der Waals surface area contributed by atoms with Gasteiger partial charge in [-0.3, -0.25) is 15.1 Å². The zero-order valence-electron chi connectivity index (χ0n) is 14.0. The Morgan fingerprint density at radius 2 is 1.86 bits per heavy atom. The van der Waals surface area contributed by atoms with E-state index in [9.17, 15) is 19.1 Å². The van der Waals surface area contributed by atoms with Crippen molar-refractivity contribution in [1.29, 1.82) is 0 Å². The summed E-state index contributed by atoms with van der Waals surface area (Å²) in [7, 11) is 0. The largest absolute Gasteiger partial charge is 0.504 e. The molecular weight excluding hydrogens is 393 g/mol. The van der Waals surface area contributed by atoms with E-state index in [-0.39, 0.29) is 39.5 Å². The van der Waals surface area contributed by atoms with E-state index < -0.39 is 23.4 Å².